The molecule has 0 saturated carbocycles. The Balaban J connectivity index is 1.64. The summed E-state index contributed by atoms with van der Waals surface area (Å²) in [7, 11) is 0. The summed E-state index contributed by atoms with van der Waals surface area (Å²) in [5.74, 6) is -0.195. The molecule has 2 saturated heterocycles. The zero-order chi connectivity index (χ0) is 22.1. The molecule has 0 spiro atoms. The fourth-order valence-electron chi connectivity index (χ4n) is 4.08. The summed E-state index contributed by atoms with van der Waals surface area (Å²) in [5.41, 5.74) is 5.28. The maximum absolute atomic E-state index is 12.6. The molecule has 31 heavy (non-hydrogen) atoms. The highest BCUT2D eigenvalue weighted by Gasteiger charge is 2.34. The number of hydrogen-bond donors (Lipinski definition) is 0. The second-order valence-electron chi connectivity index (χ2n) is 7.73. The van der Waals surface area contributed by atoms with E-state index in [4.69, 9.17) is 4.74 Å². The van der Waals surface area contributed by atoms with Gasteiger partial charge in [-0.05, 0) is 83.9 Å². The summed E-state index contributed by atoms with van der Waals surface area (Å²) in [6.45, 7) is 9.78. The quantitative estimate of drug-likeness (QED) is 0.528. The molecule has 2 aliphatic heterocycles. The molecule has 164 valence electrons. The van der Waals surface area contributed by atoms with Crippen molar-refractivity contribution >= 4 is 50.6 Å². The fourth-order valence-corrected chi connectivity index (χ4v) is 5.56. The van der Waals surface area contributed by atoms with Gasteiger partial charge in [0, 0.05) is 41.2 Å². The van der Waals surface area contributed by atoms with Crippen LogP contribution in [0.2, 0.25) is 0 Å². The Morgan fingerprint density at radius 2 is 1.90 bits per heavy atom. The summed E-state index contributed by atoms with van der Waals surface area (Å²) in [6.07, 6.45) is 2.60. The zero-order valence-electron chi connectivity index (χ0n) is 18.0. The Bertz CT molecular complexity index is 1060. The van der Waals surface area contributed by atoms with Crippen molar-refractivity contribution in [1.29, 1.82) is 0 Å². The number of nitrogens with zero attached hydrogens (tertiary/aromatic N) is 3. The van der Waals surface area contributed by atoms with E-state index >= 15 is 0 Å². The molecular weight excluding hydrogens is 478 g/mol. The molecule has 0 N–H and O–H groups in total. The van der Waals surface area contributed by atoms with Crippen molar-refractivity contribution in [2.24, 2.45) is 0 Å². The molecule has 4 rings (SSSR count). The van der Waals surface area contributed by atoms with E-state index in [1.807, 2.05) is 19.9 Å². The first-order valence-electron chi connectivity index (χ1n) is 10.5. The lowest BCUT2D eigenvalue weighted by Gasteiger charge is -2.30. The molecule has 3 heterocycles. The lowest BCUT2D eigenvalue weighted by atomic mass is 10.2. The SMILES string of the molecule is CCCN1C(=O)S/C(=C\c2cc(C)n(-c3ccc(N4CCOCC4)c(Br)c3)c2C)C1=O. The maximum atomic E-state index is 12.6. The number of thioether (sulfide) groups is 1. The summed E-state index contributed by atoms with van der Waals surface area (Å²) in [4.78, 5) is 28.9. The number of rotatable bonds is 5. The molecule has 6 nitrogen and oxygen atoms in total. The third-order valence-electron chi connectivity index (χ3n) is 5.62. The van der Waals surface area contributed by atoms with E-state index in [-0.39, 0.29) is 11.1 Å². The topological polar surface area (TPSA) is 54.8 Å². The third kappa shape index (κ3) is 4.33. The van der Waals surface area contributed by atoms with Gasteiger partial charge in [0.25, 0.3) is 11.1 Å². The number of morpholine rings is 1. The Kier molecular flexibility index (Phi) is 6.60. The Hall–Kier alpha value is -2.03. The number of benzene rings is 1. The average molecular weight is 504 g/mol. The Morgan fingerprint density at radius 1 is 1.16 bits per heavy atom. The second kappa shape index (κ2) is 9.22. The third-order valence-corrected chi connectivity index (χ3v) is 7.16. The smallest absolute Gasteiger partial charge is 0.293 e. The van der Waals surface area contributed by atoms with Gasteiger partial charge in [0.05, 0.1) is 23.8 Å². The van der Waals surface area contributed by atoms with Crippen LogP contribution in [-0.4, -0.2) is 53.5 Å². The van der Waals surface area contributed by atoms with Gasteiger partial charge in [-0.15, -0.1) is 0 Å². The van der Waals surface area contributed by atoms with E-state index < -0.39 is 0 Å². The van der Waals surface area contributed by atoms with E-state index in [0.717, 1.165) is 71.6 Å². The minimum Gasteiger partial charge on any atom is -0.378 e. The summed E-state index contributed by atoms with van der Waals surface area (Å²) in [5, 5.41) is -0.186. The number of carbonyl (C=O) groups is 2. The summed E-state index contributed by atoms with van der Waals surface area (Å²) >= 11 is 4.77. The molecule has 8 heteroatoms. The highest BCUT2D eigenvalue weighted by Crippen LogP contribution is 2.35. The van der Waals surface area contributed by atoms with Crippen LogP contribution in [0.4, 0.5) is 10.5 Å². The largest absolute Gasteiger partial charge is 0.378 e. The van der Waals surface area contributed by atoms with Crippen LogP contribution in [0.1, 0.15) is 30.3 Å². The van der Waals surface area contributed by atoms with E-state index in [0.29, 0.717) is 11.4 Å². The van der Waals surface area contributed by atoms with E-state index in [1.165, 1.54) is 10.6 Å². The van der Waals surface area contributed by atoms with Crippen LogP contribution in [-0.2, 0) is 9.53 Å². The predicted octanol–water partition coefficient (Wildman–Crippen LogP) is 5.14. The predicted molar refractivity (Wildman–Crippen MR) is 129 cm³/mol. The number of aromatic nitrogens is 1. The van der Waals surface area contributed by atoms with Gasteiger partial charge in [0.2, 0.25) is 0 Å². The van der Waals surface area contributed by atoms with Crippen LogP contribution in [0, 0.1) is 13.8 Å². The Morgan fingerprint density at radius 3 is 2.58 bits per heavy atom. The number of carbonyl (C=O) groups excluding carboxylic acids is 2. The fraction of sp³-hybridized carbons (Fsp3) is 0.391. The molecule has 1 aromatic carbocycles. The molecule has 2 aromatic rings. The number of imide groups is 1. The number of anilines is 1. The molecule has 0 atom stereocenters. The first kappa shape index (κ1) is 22.2. The number of hydrogen-bond acceptors (Lipinski definition) is 5. The van der Waals surface area contributed by atoms with Crippen LogP contribution >= 0.6 is 27.7 Å². The first-order valence-corrected chi connectivity index (χ1v) is 12.1. The average Bonchev–Trinajstić information content (AvgIpc) is 3.18. The van der Waals surface area contributed by atoms with Crippen molar-refractivity contribution in [1.82, 2.24) is 9.47 Å². The minimum absolute atomic E-state index is 0.186. The molecule has 1 aromatic heterocycles. The minimum atomic E-state index is -0.195. The molecule has 0 radical (unpaired) electrons. The highest BCUT2D eigenvalue weighted by atomic mass is 79.9. The highest BCUT2D eigenvalue weighted by molar-refractivity contribution is 9.10. The number of amides is 2. The normalized spacial score (nSPS) is 18.5. The molecule has 0 aliphatic carbocycles. The van der Waals surface area contributed by atoms with Crippen LogP contribution < -0.4 is 4.90 Å². The number of halogens is 1. The first-order chi connectivity index (χ1) is 14.9. The molecular formula is C23H26BrN3O3S. The maximum Gasteiger partial charge on any atom is 0.293 e. The van der Waals surface area contributed by atoms with E-state index in [2.05, 4.69) is 56.6 Å². The van der Waals surface area contributed by atoms with Crippen molar-refractivity contribution in [3.05, 3.63) is 50.6 Å². The zero-order valence-corrected chi connectivity index (χ0v) is 20.4. The molecule has 2 aliphatic rings. The lowest BCUT2D eigenvalue weighted by molar-refractivity contribution is -0.122. The van der Waals surface area contributed by atoms with Gasteiger partial charge in [-0.3, -0.25) is 14.5 Å². The Labute approximate surface area is 195 Å². The van der Waals surface area contributed by atoms with Gasteiger partial charge in [-0.25, -0.2) is 0 Å². The van der Waals surface area contributed by atoms with Crippen LogP contribution in [0.15, 0.2) is 33.6 Å². The second-order valence-corrected chi connectivity index (χ2v) is 9.58. The molecule has 2 fully saturated rings. The van der Waals surface area contributed by atoms with Gasteiger partial charge in [0.1, 0.15) is 0 Å². The molecule has 0 bridgehead atoms. The lowest BCUT2D eigenvalue weighted by Crippen LogP contribution is -2.36. The van der Waals surface area contributed by atoms with Gasteiger partial charge in [-0.1, -0.05) is 6.92 Å². The van der Waals surface area contributed by atoms with E-state index in [9.17, 15) is 9.59 Å². The van der Waals surface area contributed by atoms with Gasteiger partial charge in [0.15, 0.2) is 0 Å². The van der Waals surface area contributed by atoms with Crippen LogP contribution in [0.3, 0.4) is 0 Å². The summed E-state index contributed by atoms with van der Waals surface area (Å²) < 4.78 is 8.68. The van der Waals surface area contributed by atoms with E-state index in [1.54, 1.807) is 0 Å². The van der Waals surface area contributed by atoms with Crippen LogP contribution in [0.25, 0.3) is 11.8 Å². The van der Waals surface area contributed by atoms with Crippen molar-refractivity contribution in [2.45, 2.75) is 27.2 Å². The number of ether oxygens (including phenoxy) is 1. The van der Waals surface area contributed by atoms with Gasteiger partial charge < -0.3 is 14.2 Å². The van der Waals surface area contributed by atoms with Crippen molar-refractivity contribution < 1.29 is 14.3 Å². The standard InChI is InChI=1S/C23H26BrN3O3S/c1-4-7-26-22(28)21(31-23(26)29)13-17-12-15(2)27(16(17)3)18-5-6-20(19(24)14-18)25-8-10-30-11-9-25/h5-6,12-14H,4,7-11H2,1-3H3/b21-13-. The van der Waals surface area contributed by atoms with Gasteiger partial charge in [-0.2, -0.15) is 0 Å². The number of aryl methyl sites for hydroxylation is 1. The van der Waals surface area contributed by atoms with Gasteiger partial charge >= 0.3 is 0 Å². The summed E-state index contributed by atoms with van der Waals surface area (Å²) in [6, 6.07) is 8.45. The van der Waals surface area contributed by atoms with Crippen LogP contribution in [0.5, 0.6) is 0 Å². The van der Waals surface area contributed by atoms with Crippen molar-refractivity contribution in [2.75, 3.05) is 37.7 Å². The molecule has 2 amide bonds. The molecule has 0 unspecified atom stereocenters. The monoisotopic (exact) mass is 503 g/mol. The van der Waals surface area contributed by atoms with Crippen molar-refractivity contribution in [3.63, 3.8) is 0 Å². The van der Waals surface area contributed by atoms with Crippen molar-refractivity contribution in [3.8, 4) is 5.69 Å².